The Morgan fingerprint density at radius 3 is 2.78 bits per heavy atom. The molecule has 2 heterocycles. The van der Waals surface area contributed by atoms with E-state index in [4.69, 9.17) is 0 Å². The van der Waals surface area contributed by atoms with Crippen molar-refractivity contribution >= 4 is 10.0 Å². The van der Waals surface area contributed by atoms with Crippen LogP contribution in [0.3, 0.4) is 0 Å². The Bertz CT molecular complexity index is 680. The lowest BCUT2D eigenvalue weighted by molar-refractivity contribution is 0.580. The third-order valence-corrected chi connectivity index (χ3v) is 3.69. The van der Waals surface area contributed by atoms with Gasteiger partial charge in [-0.1, -0.05) is 6.07 Å². The number of aromatic nitrogens is 2. The monoisotopic (exact) mass is 265 g/mol. The van der Waals surface area contributed by atoms with Crippen molar-refractivity contribution in [3.05, 3.63) is 58.8 Å². The fraction of sp³-hybridized carbons (Fsp3) is 0.0909. The van der Waals surface area contributed by atoms with Gasteiger partial charge in [0.1, 0.15) is 4.90 Å². The minimum absolute atomic E-state index is 0.0878. The predicted molar refractivity (Wildman–Crippen MR) is 65.3 cm³/mol. The fourth-order valence-corrected chi connectivity index (χ4v) is 2.45. The van der Waals surface area contributed by atoms with Crippen molar-refractivity contribution in [3.63, 3.8) is 0 Å². The molecule has 0 aliphatic rings. The third-order valence-electron chi connectivity index (χ3n) is 2.26. The van der Waals surface area contributed by atoms with E-state index in [2.05, 4.69) is 14.7 Å². The number of sulfonamides is 1. The summed E-state index contributed by atoms with van der Waals surface area (Å²) in [4.78, 5) is 17.3. The maximum atomic E-state index is 11.9. The first-order valence-corrected chi connectivity index (χ1v) is 6.64. The highest BCUT2D eigenvalue weighted by Gasteiger charge is 2.16. The highest BCUT2D eigenvalue weighted by atomic mass is 32.2. The van der Waals surface area contributed by atoms with E-state index in [9.17, 15) is 13.2 Å². The summed E-state index contributed by atoms with van der Waals surface area (Å²) in [5.41, 5.74) is 0.0737. The first-order valence-electron chi connectivity index (χ1n) is 5.16. The number of hydrogen-bond acceptors (Lipinski definition) is 4. The topological polar surface area (TPSA) is 91.9 Å². The molecule has 2 N–H and O–H groups in total. The predicted octanol–water partition coefficient (Wildman–Crippen LogP) is 0.248. The molecular formula is C11H11N3O3S. The smallest absolute Gasteiger partial charge is 0.268 e. The van der Waals surface area contributed by atoms with Crippen LogP contribution in [0.4, 0.5) is 0 Å². The van der Waals surface area contributed by atoms with E-state index in [-0.39, 0.29) is 11.4 Å². The Morgan fingerprint density at radius 2 is 2.11 bits per heavy atom. The maximum absolute atomic E-state index is 11.9. The highest BCUT2D eigenvalue weighted by molar-refractivity contribution is 7.89. The van der Waals surface area contributed by atoms with Gasteiger partial charge in [0, 0.05) is 25.1 Å². The molecule has 7 heteroatoms. The summed E-state index contributed by atoms with van der Waals surface area (Å²) in [7, 11) is -3.81. The minimum atomic E-state index is -3.81. The van der Waals surface area contributed by atoms with Gasteiger partial charge >= 0.3 is 0 Å². The Labute approximate surface area is 104 Å². The maximum Gasteiger partial charge on any atom is 0.268 e. The molecule has 2 aromatic rings. The van der Waals surface area contributed by atoms with E-state index < -0.39 is 15.6 Å². The Morgan fingerprint density at radius 1 is 1.28 bits per heavy atom. The van der Waals surface area contributed by atoms with Crippen molar-refractivity contribution in [2.75, 3.05) is 0 Å². The standard InChI is InChI=1S/C11H11N3O3S/c15-11-10(4-2-6-13-11)18(16,17)14-8-9-3-1-5-12-7-9/h1-7,14H,8H2,(H,13,15). The number of nitrogens with zero attached hydrogens (tertiary/aromatic N) is 1. The molecule has 0 amide bonds. The van der Waals surface area contributed by atoms with Crippen LogP contribution in [0.15, 0.2) is 52.5 Å². The van der Waals surface area contributed by atoms with Crippen molar-refractivity contribution < 1.29 is 8.42 Å². The van der Waals surface area contributed by atoms with Crippen LogP contribution in [0.5, 0.6) is 0 Å². The second kappa shape index (κ2) is 5.11. The normalized spacial score (nSPS) is 11.3. The summed E-state index contributed by atoms with van der Waals surface area (Å²) in [5.74, 6) is 0. The number of nitrogens with one attached hydrogen (secondary N) is 2. The number of hydrogen-bond donors (Lipinski definition) is 2. The van der Waals surface area contributed by atoms with E-state index in [1.54, 1.807) is 24.5 Å². The van der Waals surface area contributed by atoms with E-state index in [1.165, 1.54) is 18.3 Å². The lowest BCUT2D eigenvalue weighted by atomic mass is 10.3. The summed E-state index contributed by atoms with van der Waals surface area (Å²) in [6.07, 6.45) is 4.53. The van der Waals surface area contributed by atoms with Gasteiger partial charge in [-0.2, -0.15) is 0 Å². The Balaban J connectivity index is 2.19. The zero-order chi connectivity index (χ0) is 13.0. The second-order valence-corrected chi connectivity index (χ2v) is 5.28. The van der Waals surface area contributed by atoms with Crippen molar-refractivity contribution in [1.29, 1.82) is 0 Å². The zero-order valence-electron chi connectivity index (χ0n) is 9.33. The molecule has 0 saturated carbocycles. The third kappa shape index (κ3) is 2.82. The Hall–Kier alpha value is -1.99. The first-order chi connectivity index (χ1) is 8.59. The summed E-state index contributed by atoms with van der Waals surface area (Å²) in [5, 5.41) is 0. The molecule has 0 aromatic carbocycles. The van der Waals surface area contributed by atoms with Gasteiger partial charge in [-0.15, -0.1) is 0 Å². The van der Waals surface area contributed by atoms with Gasteiger partial charge in [-0.3, -0.25) is 9.78 Å². The van der Waals surface area contributed by atoms with Crippen LogP contribution in [0.25, 0.3) is 0 Å². The number of H-pyrrole nitrogens is 1. The van der Waals surface area contributed by atoms with E-state index in [1.807, 2.05) is 0 Å². The second-order valence-electron chi connectivity index (χ2n) is 3.55. The van der Waals surface area contributed by atoms with E-state index in [0.29, 0.717) is 5.56 Å². The van der Waals surface area contributed by atoms with Crippen LogP contribution < -0.4 is 10.3 Å². The molecule has 0 aliphatic carbocycles. The lowest BCUT2D eigenvalue weighted by Crippen LogP contribution is -2.28. The number of pyridine rings is 2. The molecule has 0 unspecified atom stereocenters. The van der Waals surface area contributed by atoms with Gasteiger partial charge in [0.15, 0.2) is 0 Å². The molecule has 2 aromatic heterocycles. The van der Waals surface area contributed by atoms with Gasteiger partial charge in [0.2, 0.25) is 10.0 Å². The van der Waals surface area contributed by atoms with Crippen LogP contribution in [-0.4, -0.2) is 18.4 Å². The largest absolute Gasteiger partial charge is 0.328 e. The molecular weight excluding hydrogens is 254 g/mol. The zero-order valence-corrected chi connectivity index (χ0v) is 10.1. The number of rotatable bonds is 4. The summed E-state index contributed by atoms with van der Waals surface area (Å²) < 4.78 is 26.1. The van der Waals surface area contributed by atoms with Gasteiger partial charge < -0.3 is 4.98 Å². The molecule has 0 aliphatic heterocycles. The molecule has 94 valence electrons. The fourth-order valence-electron chi connectivity index (χ4n) is 1.38. The molecule has 0 spiro atoms. The van der Waals surface area contributed by atoms with Gasteiger partial charge in [0.25, 0.3) is 5.56 Å². The van der Waals surface area contributed by atoms with Gasteiger partial charge in [-0.25, -0.2) is 13.1 Å². The summed E-state index contributed by atoms with van der Waals surface area (Å²) in [6, 6.07) is 6.16. The summed E-state index contributed by atoms with van der Waals surface area (Å²) >= 11 is 0. The van der Waals surface area contributed by atoms with Crippen LogP contribution in [0.2, 0.25) is 0 Å². The van der Waals surface area contributed by atoms with Gasteiger partial charge in [0.05, 0.1) is 0 Å². The van der Waals surface area contributed by atoms with Crippen molar-refractivity contribution in [3.8, 4) is 0 Å². The molecule has 6 nitrogen and oxygen atoms in total. The summed E-state index contributed by atoms with van der Waals surface area (Å²) in [6.45, 7) is 0.0878. The SMILES string of the molecule is O=c1[nH]cccc1S(=O)(=O)NCc1cccnc1. The highest BCUT2D eigenvalue weighted by Crippen LogP contribution is 2.03. The average Bonchev–Trinajstić information content (AvgIpc) is 2.38. The molecule has 0 bridgehead atoms. The van der Waals surface area contributed by atoms with Crippen molar-refractivity contribution in [2.24, 2.45) is 0 Å². The van der Waals surface area contributed by atoms with Crippen LogP contribution in [0.1, 0.15) is 5.56 Å². The van der Waals surface area contributed by atoms with Crippen LogP contribution in [0, 0.1) is 0 Å². The first kappa shape index (κ1) is 12.5. The molecule has 0 fully saturated rings. The van der Waals surface area contributed by atoms with Crippen LogP contribution >= 0.6 is 0 Å². The quantitative estimate of drug-likeness (QED) is 0.828. The molecule has 2 rings (SSSR count). The van der Waals surface area contributed by atoms with Crippen molar-refractivity contribution in [1.82, 2.24) is 14.7 Å². The molecule has 0 saturated heterocycles. The molecule has 18 heavy (non-hydrogen) atoms. The van der Waals surface area contributed by atoms with E-state index in [0.717, 1.165) is 0 Å². The van der Waals surface area contributed by atoms with Crippen LogP contribution in [-0.2, 0) is 16.6 Å². The Kier molecular flexibility index (Phi) is 3.54. The lowest BCUT2D eigenvalue weighted by Gasteiger charge is -2.05. The van der Waals surface area contributed by atoms with Crippen molar-refractivity contribution in [2.45, 2.75) is 11.4 Å². The number of aromatic amines is 1. The molecule has 0 atom stereocenters. The van der Waals surface area contributed by atoms with Gasteiger partial charge in [-0.05, 0) is 23.8 Å². The average molecular weight is 265 g/mol. The minimum Gasteiger partial charge on any atom is -0.328 e. The van der Waals surface area contributed by atoms with E-state index >= 15 is 0 Å². The molecule has 0 radical (unpaired) electrons.